The van der Waals surface area contributed by atoms with Crippen molar-refractivity contribution in [3.63, 3.8) is 0 Å². The highest BCUT2D eigenvalue weighted by atomic mass is 16.1. The number of rotatable bonds is 3. The number of carbonyl (C=O) groups is 1. The van der Waals surface area contributed by atoms with Crippen LogP contribution < -0.4 is 10.6 Å². The first-order valence-electron chi connectivity index (χ1n) is 6.27. The molecule has 1 unspecified atom stereocenters. The van der Waals surface area contributed by atoms with Gasteiger partial charge in [0.15, 0.2) is 0 Å². The predicted molar refractivity (Wildman–Crippen MR) is 70.4 cm³/mol. The van der Waals surface area contributed by atoms with E-state index in [1.807, 2.05) is 18.2 Å². The van der Waals surface area contributed by atoms with Gasteiger partial charge >= 0.3 is 0 Å². The molecule has 2 heterocycles. The third-order valence-electron chi connectivity index (χ3n) is 3.32. The van der Waals surface area contributed by atoms with Crippen LogP contribution in [0.5, 0.6) is 0 Å². The van der Waals surface area contributed by atoms with Crippen LogP contribution in [0.15, 0.2) is 24.4 Å². The van der Waals surface area contributed by atoms with Gasteiger partial charge < -0.3 is 10.6 Å². The summed E-state index contributed by atoms with van der Waals surface area (Å²) < 4.78 is 0. The minimum atomic E-state index is 0.0669. The second-order valence-corrected chi connectivity index (χ2v) is 4.72. The van der Waals surface area contributed by atoms with Gasteiger partial charge in [0.25, 0.3) is 0 Å². The molecule has 0 aliphatic carbocycles. The molecular weight excluding hydrogens is 228 g/mol. The van der Waals surface area contributed by atoms with Crippen LogP contribution in [0.2, 0.25) is 0 Å². The molecule has 1 saturated heterocycles. The number of fused-ring (bicyclic) bond motifs is 1. The molecule has 3 N–H and O–H groups in total. The van der Waals surface area contributed by atoms with Crippen LogP contribution in [-0.4, -0.2) is 28.7 Å². The van der Waals surface area contributed by atoms with Crippen molar-refractivity contribution >= 4 is 22.5 Å². The van der Waals surface area contributed by atoms with Crippen molar-refractivity contribution < 1.29 is 4.79 Å². The van der Waals surface area contributed by atoms with Gasteiger partial charge in [-0.1, -0.05) is 0 Å². The molecule has 1 fully saturated rings. The molecule has 1 aliphatic heterocycles. The van der Waals surface area contributed by atoms with Crippen molar-refractivity contribution in [2.45, 2.75) is 25.3 Å². The van der Waals surface area contributed by atoms with Gasteiger partial charge in [0.05, 0.1) is 11.7 Å². The Balaban J connectivity index is 1.65. The zero-order valence-electron chi connectivity index (χ0n) is 10.1. The van der Waals surface area contributed by atoms with E-state index in [4.69, 9.17) is 0 Å². The Bertz CT molecular complexity index is 557. The number of carbonyl (C=O) groups excluding carboxylic acids is 1. The summed E-state index contributed by atoms with van der Waals surface area (Å²) in [5.74, 6) is 0.0669. The van der Waals surface area contributed by atoms with Gasteiger partial charge in [-0.2, -0.15) is 5.10 Å². The van der Waals surface area contributed by atoms with E-state index in [2.05, 4.69) is 20.8 Å². The minimum Gasteiger partial charge on any atom is -0.326 e. The molecule has 18 heavy (non-hydrogen) atoms. The van der Waals surface area contributed by atoms with E-state index >= 15 is 0 Å². The number of aromatic amines is 1. The number of aromatic nitrogens is 2. The summed E-state index contributed by atoms with van der Waals surface area (Å²) >= 11 is 0. The first kappa shape index (κ1) is 11.2. The molecule has 0 spiro atoms. The second kappa shape index (κ2) is 4.78. The largest absolute Gasteiger partial charge is 0.326 e. The molecule has 0 radical (unpaired) electrons. The highest BCUT2D eigenvalue weighted by molar-refractivity contribution is 5.93. The van der Waals surface area contributed by atoms with Gasteiger partial charge in [-0.15, -0.1) is 0 Å². The molecule has 5 heteroatoms. The van der Waals surface area contributed by atoms with Crippen LogP contribution in [0.1, 0.15) is 19.3 Å². The smallest absolute Gasteiger partial charge is 0.225 e. The maximum Gasteiger partial charge on any atom is 0.225 e. The van der Waals surface area contributed by atoms with Crippen LogP contribution >= 0.6 is 0 Å². The molecule has 5 nitrogen and oxygen atoms in total. The fourth-order valence-corrected chi connectivity index (χ4v) is 2.39. The van der Waals surface area contributed by atoms with Crippen LogP contribution in [0.3, 0.4) is 0 Å². The van der Waals surface area contributed by atoms with E-state index < -0.39 is 0 Å². The zero-order chi connectivity index (χ0) is 12.4. The van der Waals surface area contributed by atoms with E-state index in [9.17, 15) is 4.79 Å². The van der Waals surface area contributed by atoms with Crippen LogP contribution in [0.25, 0.3) is 10.9 Å². The minimum absolute atomic E-state index is 0.0669. The summed E-state index contributed by atoms with van der Waals surface area (Å²) in [7, 11) is 0. The lowest BCUT2D eigenvalue weighted by Crippen LogP contribution is -2.27. The summed E-state index contributed by atoms with van der Waals surface area (Å²) in [6, 6.07) is 6.08. The number of H-pyrrole nitrogens is 1. The summed E-state index contributed by atoms with van der Waals surface area (Å²) in [5, 5.41) is 14.1. The van der Waals surface area contributed by atoms with E-state index in [1.54, 1.807) is 6.20 Å². The third kappa shape index (κ3) is 2.36. The highest BCUT2D eigenvalue weighted by Gasteiger charge is 2.17. The van der Waals surface area contributed by atoms with E-state index in [0.717, 1.165) is 29.6 Å². The van der Waals surface area contributed by atoms with Gasteiger partial charge in [-0.05, 0) is 37.6 Å². The molecule has 0 bridgehead atoms. The first-order valence-corrected chi connectivity index (χ1v) is 6.27. The molecule has 1 atom stereocenters. The van der Waals surface area contributed by atoms with Crippen molar-refractivity contribution in [1.29, 1.82) is 0 Å². The van der Waals surface area contributed by atoms with Crippen LogP contribution in [-0.2, 0) is 4.79 Å². The summed E-state index contributed by atoms with van der Waals surface area (Å²) in [6.45, 7) is 1.03. The van der Waals surface area contributed by atoms with E-state index in [1.165, 1.54) is 6.42 Å². The van der Waals surface area contributed by atoms with Crippen molar-refractivity contribution in [2.75, 3.05) is 11.9 Å². The number of nitrogens with one attached hydrogen (secondary N) is 3. The second-order valence-electron chi connectivity index (χ2n) is 4.72. The lowest BCUT2D eigenvalue weighted by atomic mass is 10.1. The molecule has 3 rings (SSSR count). The predicted octanol–water partition coefficient (Wildman–Crippen LogP) is 1.64. The summed E-state index contributed by atoms with van der Waals surface area (Å²) in [5.41, 5.74) is 1.80. The Morgan fingerprint density at radius 2 is 2.44 bits per heavy atom. The fourth-order valence-electron chi connectivity index (χ4n) is 2.39. The Morgan fingerprint density at radius 3 is 3.28 bits per heavy atom. The van der Waals surface area contributed by atoms with Crippen LogP contribution in [0.4, 0.5) is 5.69 Å². The summed E-state index contributed by atoms with van der Waals surface area (Å²) in [6.07, 6.45) is 4.56. The van der Waals surface area contributed by atoms with E-state index in [-0.39, 0.29) is 5.91 Å². The molecule has 1 aromatic carbocycles. The molecule has 1 aromatic heterocycles. The van der Waals surface area contributed by atoms with Crippen LogP contribution in [0, 0.1) is 0 Å². The fraction of sp³-hybridized carbons (Fsp3) is 0.385. The Labute approximate surface area is 105 Å². The average molecular weight is 244 g/mol. The standard InChI is InChI=1S/C13H16N4O/c18-13(7-10-2-1-5-14-10)16-11-3-4-12-9(6-11)8-15-17-12/h3-4,6,8,10,14H,1-2,5,7H2,(H,15,17)(H,16,18). The topological polar surface area (TPSA) is 69.8 Å². The molecule has 1 aliphatic rings. The Morgan fingerprint density at radius 1 is 1.50 bits per heavy atom. The normalized spacial score (nSPS) is 19.2. The number of benzene rings is 1. The SMILES string of the molecule is O=C(CC1CCCN1)Nc1ccc2[nH]ncc2c1. The number of nitrogens with zero attached hydrogens (tertiary/aromatic N) is 1. The lowest BCUT2D eigenvalue weighted by Gasteiger charge is -2.10. The molecule has 1 amide bonds. The highest BCUT2D eigenvalue weighted by Crippen LogP contribution is 2.17. The molecule has 94 valence electrons. The first-order chi connectivity index (χ1) is 8.81. The Hall–Kier alpha value is -1.88. The molecule has 0 saturated carbocycles. The van der Waals surface area contributed by atoms with Crippen molar-refractivity contribution in [3.8, 4) is 0 Å². The number of hydrogen-bond acceptors (Lipinski definition) is 3. The molecule has 2 aromatic rings. The maximum absolute atomic E-state index is 11.9. The van der Waals surface area contributed by atoms with E-state index in [0.29, 0.717) is 12.5 Å². The quantitative estimate of drug-likeness (QED) is 0.768. The number of anilines is 1. The maximum atomic E-state index is 11.9. The van der Waals surface area contributed by atoms with Crippen molar-refractivity contribution in [3.05, 3.63) is 24.4 Å². The zero-order valence-corrected chi connectivity index (χ0v) is 10.1. The number of hydrogen-bond donors (Lipinski definition) is 3. The average Bonchev–Trinajstić information content (AvgIpc) is 2.98. The Kier molecular flexibility index (Phi) is 2.98. The monoisotopic (exact) mass is 244 g/mol. The third-order valence-corrected chi connectivity index (χ3v) is 3.32. The van der Waals surface area contributed by atoms with Crippen molar-refractivity contribution in [1.82, 2.24) is 15.5 Å². The van der Waals surface area contributed by atoms with Gasteiger partial charge in [0.1, 0.15) is 0 Å². The van der Waals surface area contributed by atoms with Gasteiger partial charge in [0.2, 0.25) is 5.91 Å². The molecular formula is C13H16N4O. The van der Waals surface area contributed by atoms with Gasteiger partial charge in [-0.25, -0.2) is 0 Å². The lowest BCUT2D eigenvalue weighted by molar-refractivity contribution is -0.116. The van der Waals surface area contributed by atoms with Gasteiger partial charge in [0, 0.05) is 23.5 Å². The number of amides is 1. The van der Waals surface area contributed by atoms with Crippen molar-refractivity contribution in [2.24, 2.45) is 0 Å². The van der Waals surface area contributed by atoms with Gasteiger partial charge in [-0.3, -0.25) is 9.89 Å². The summed E-state index contributed by atoms with van der Waals surface area (Å²) in [4.78, 5) is 11.9.